The molecule has 2 aliphatic heterocycles. The molecule has 4 nitrogen and oxygen atoms in total. The molecule has 1 aromatic carbocycles. The van der Waals surface area contributed by atoms with Gasteiger partial charge in [0.2, 0.25) is 0 Å². The van der Waals surface area contributed by atoms with Crippen molar-refractivity contribution in [2.45, 2.75) is 25.7 Å². The zero-order chi connectivity index (χ0) is 15.4. The summed E-state index contributed by atoms with van der Waals surface area (Å²) in [5, 5.41) is 3.00. The van der Waals surface area contributed by atoms with Gasteiger partial charge in [-0.2, -0.15) is 0 Å². The first-order valence-corrected chi connectivity index (χ1v) is 9.04. The van der Waals surface area contributed by atoms with Crippen LogP contribution >= 0.6 is 15.9 Å². The highest BCUT2D eigenvalue weighted by atomic mass is 79.9. The number of nitrogens with zero attached hydrogens (tertiary/aromatic N) is 2. The number of carbonyl (C=O) groups is 1. The van der Waals surface area contributed by atoms with Crippen LogP contribution in [0.1, 0.15) is 25.7 Å². The molecule has 0 aliphatic carbocycles. The average Bonchev–Trinajstić information content (AvgIpc) is 3.03. The Morgan fingerprint density at radius 1 is 1.14 bits per heavy atom. The Morgan fingerprint density at radius 2 is 1.82 bits per heavy atom. The number of rotatable bonds is 3. The van der Waals surface area contributed by atoms with E-state index >= 15 is 0 Å². The van der Waals surface area contributed by atoms with Gasteiger partial charge < -0.3 is 15.1 Å². The molecule has 120 valence electrons. The first-order chi connectivity index (χ1) is 10.7. The molecule has 5 heteroatoms. The number of halogens is 1. The monoisotopic (exact) mass is 365 g/mol. The Hall–Kier alpha value is -1.07. The van der Waals surface area contributed by atoms with Crippen molar-refractivity contribution in [3.05, 3.63) is 28.7 Å². The highest BCUT2D eigenvalue weighted by Gasteiger charge is 2.25. The number of urea groups is 1. The predicted molar refractivity (Wildman–Crippen MR) is 93.1 cm³/mol. The Bertz CT molecular complexity index is 508. The van der Waals surface area contributed by atoms with E-state index in [9.17, 15) is 4.79 Å². The summed E-state index contributed by atoms with van der Waals surface area (Å²) in [6, 6.07) is 7.76. The lowest BCUT2D eigenvalue weighted by molar-refractivity contribution is 0.163. The number of carbonyl (C=O) groups excluding carboxylic acids is 1. The Labute approximate surface area is 141 Å². The summed E-state index contributed by atoms with van der Waals surface area (Å²) in [4.78, 5) is 16.9. The number of anilines is 1. The van der Waals surface area contributed by atoms with Gasteiger partial charge in [-0.3, -0.25) is 0 Å². The lowest BCUT2D eigenvalue weighted by Crippen LogP contribution is -2.43. The lowest BCUT2D eigenvalue weighted by Gasteiger charge is -2.33. The van der Waals surface area contributed by atoms with Crippen LogP contribution in [0.25, 0.3) is 0 Å². The molecule has 2 heterocycles. The average molecular weight is 366 g/mol. The molecule has 0 saturated carbocycles. The van der Waals surface area contributed by atoms with Gasteiger partial charge in [0.05, 0.1) is 5.69 Å². The second kappa shape index (κ2) is 7.47. The molecule has 0 spiro atoms. The van der Waals surface area contributed by atoms with E-state index in [1.807, 2.05) is 29.2 Å². The van der Waals surface area contributed by atoms with Crippen LogP contribution in [0, 0.1) is 5.92 Å². The normalized spacial score (nSPS) is 20.3. The zero-order valence-electron chi connectivity index (χ0n) is 12.9. The van der Waals surface area contributed by atoms with Crippen LogP contribution < -0.4 is 5.32 Å². The molecule has 2 fully saturated rings. The highest BCUT2D eigenvalue weighted by Crippen LogP contribution is 2.24. The van der Waals surface area contributed by atoms with Crippen LogP contribution in [-0.2, 0) is 0 Å². The molecule has 1 N–H and O–H groups in total. The maximum absolute atomic E-state index is 12.4. The predicted octanol–water partition coefficient (Wildman–Crippen LogP) is 3.79. The van der Waals surface area contributed by atoms with Crippen LogP contribution in [0.3, 0.4) is 0 Å². The molecule has 0 radical (unpaired) electrons. The van der Waals surface area contributed by atoms with Crippen molar-refractivity contribution in [2.75, 3.05) is 38.0 Å². The maximum atomic E-state index is 12.4. The maximum Gasteiger partial charge on any atom is 0.321 e. The third-order valence-corrected chi connectivity index (χ3v) is 5.42. The second-order valence-corrected chi connectivity index (χ2v) is 7.20. The molecule has 2 amide bonds. The largest absolute Gasteiger partial charge is 0.325 e. The number of amides is 2. The van der Waals surface area contributed by atoms with E-state index < -0.39 is 0 Å². The van der Waals surface area contributed by atoms with Crippen LogP contribution in [0.4, 0.5) is 10.5 Å². The van der Waals surface area contributed by atoms with E-state index in [0.717, 1.165) is 42.0 Å². The fourth-order valence-electron chi connectivity index (χ4n) is 3.41. The van der Waals surface area contributed by atoms with Crippen molar-refractivity contribution in [1.82, 2.24) is 9.80 Å². The molecule has 2 aliphatic rings. The first-order valence-electron chi connectivity index (χ1n) is 8.25. The van der Waals surface area contributed by atoms with E-state index in [2.05, 4.69) is 26.1 Å². The number of hydrogen-bond donors (Lipinski definition) is 1. The van der Waals surface area contributed by atoms with E-state index in [-0.39, 0.29) is 6.03 Å². The van der Waals surface area contributed by atoms with Gasteiger partial charge in [-0.05, 0) is 72.8 Å². The van der Waals surface area contributed by atoms with E-state index in [1.165, 1.54) is 32.5 Å². The summed E-state index contributed by atoms with van der Waals surface area (Å²) >= 11 is 3.47. The summed E-state index contributed by atoms with van der Waals surface area (Å²) in [5.74, 6) is 0.755. The van der Waals surface area contributed by atoms with Gasteiger partial charge in [-0.25, -0.2) is 4.79 Å². The quantitative estimate of drug-likeness (QED) is 0.884. The third kappa shape index (κ3) is 4.02. The smallest absolute Gasteiger partial charge is 0.321 e. The van der Waals surface area contributed by atoms with Gasteiger partial charge >= 0.3 is 6.03 Å². The number of hydrogen-bond acceptors (Lipinski definition) is 2. The molecule has 3 rings (SSSR count). The number of piperidine rings is 1. The third-order valence-electron chi connectivity index (χ3n) is 4.73. The molecule has 1 aromatic rings. The van der Waals surface area contributed by atoms with E-state index in [1.54, 1.807) is 0 Å². The minimum Gasteiger partial charge on any atom is -0.325 e. The van der Waals surface area contributed by atoms with Gasteiger partial charge in [0.1, 0.15) is 0 Å². The minimum absolute atomic E-state index is 0.0199. The summed E-state index contributed by atoms with van der Waals surface area (Å²) in [5.41, 5.74) is 0.840. The lowest BCUT2D eigenvalue weighted by atomic mass is 9.96. The van der Waals surface area contributed by atoms with Crippen LogP contribution in [0.15, 0.2) is 28.7 Å². The van der Waals surface area contributed by atoms with Gasteiger partial charge in [-0.15, -0.1) is 0 Å². The van der Waals surface area contributed by atoms with Crippen LogP contribution in [-0.4, -0.2) is 48.6 Å². The number of likely N-dealkylation sites (tertiary alicyclic amines) is 2. The van der Waals surface area contributed by atoms with Crippen molar-refractivity contribution in [3.8, 4) is 0 Å². The molecule has 0 unspecified atom stereocenters. The Kier molecular flexibility index (Phi) is 5.37. The minimum atomic E-state index is 0.0199. The van der Waals surface area contributed by atoms with Crippen LogP contribution in [0.2, 0.25) is 0 Å². The Balaban J connectivity index is 1.46. The molecule has 2 saturated heterocycles. The first kappa shape index (κ1) is 15.8. The van der Waals surface area contributed by atoms with E-state index in [4.69, 9.17) is 0 Å². The van der Waals surface area contributed by atoms with Crippen molar-refractivity contribution in [1.29, 1.82) is 0 Å². The van der Waals surface area contributed by atoms with Gasteiger partial charge in [0.25, 0.3) is 0 Å². The summed E-state index contributed by atoms with van der Waals surface area (Å²) < 4.78 is 0.923. The molecule has 0 atom stereocenters. The Morgan fingerprint density at radius 3 is 2.50 bits per heavy atom. The molecule has 0 aromatic heterocycles. The van der Waals surface area contributed by atoms with Gasteiger partial charge in [-0.1, -0.05) is 12.1 Å². The van der Waals surface area contributed by atoms with Crippen molar-refractivity contribution in [3.63, 3.8) is 0 Å². The number of benzene rings is 1. The number of nitrogens with one attached hydrogen (secondary N) is 1. The standard InChI is InChI=1S/C17H24BrN3O/c18-15-5-1-2-6-16(15)19-17(22)21-11-7-14(8-12-21)13-20-9-3-4-10-20/h1-2,5-6,14H,3-4,7-13H2,(H,19,22). The second-order valence-electron chi connectivity index (χ2n) is 6.35. The fourth-order valence-corrected chi connectivity index (χ4v) is 3.79. The highest BCUT2D eigenvalue weighted by molar-refractivity contribution is 9.10. The SMILES string of the molecule is O=C(Nc1ccccc1Br)N1CCC(CN2CCCC2)CC1. The number of para-hydroxylation sites is 1. The van der Waals surface area contributed by atoms with Gasteiger partial charge in [0.15, 0.2) is 0 Å². The fraction of sp³-hybridized carbons (Fsp3) is 0.588. The molecule has 0 bridgehead atoms. The summed E-state index contributed by atoms with van der Waals surface area (Å²) in [7, 11) is 0. The summed E-state index contributed by atoms with van der Waals surface area (Å²) in [6.45, 7) is 5.49. The van der Waals surface area contributed by atoms with E-state index in [0.29, 0.717) is 0 Å². The molecular formula is C17H24BrN3O. The van der Waals surface area contributed by atoms with Crippen molar-refractivity contribution >= 4 is 27.6 Å². The van der Waals surface area contributed by atoms with Crippen LogP contribution in [0.5, 0.6) is 0 Å². The van der Waals surface area contributed by atoms with Gasteiger partial charge in [0, 0.05) is 24.1 Å². The zero-order valence-corrected chi connectivity index (χ0v) is 14.5. The molecular weight excluding hydrogens is 342 g/mol. The molecule has 22 heavy (non-hydrogen) atoms. The summed E-state index contributed by atoms with van der Waals surface area (Å²) in [6.07, 6.45) is 4.96. The van der Waals surface area contributed by atoms with Crippen molar-refractivity contribution in [2.24, 2.45) is 5.92 Å². The van der Waals surface area contributed by atoms with Crippen molar-refractivity contribution < 1.29 is 4.79 Å². The topological polar surface area (TPSA) is 35.6 Å².